The molecule has 0 radical (unpaired) electrons. The molecule has 1 aromatic heterocycles. The number of thioether (sulfide) groups is 1. The highest BCUT2D eigenvalue weighted by molar-refractivity contribution is 7.99. The van der Waals surface area contributed by atoms with E-state index in [0.717, 1.165) is 34.8 Å². The Morgan fingerprint density at radius 2 is 1.82 bits per heavy atom. The van der Waals surface area contributed by atoms with E-state index in [1.807, 2.05) is 54.0 Å². The summed E-state index contributed by atoms with van der Waals surface area (Å²) in [6, 6.07) is 20.2. The van der Waals surface area contributed by atoms with Crippen molar-refractivity contribution in [2.24, 2.45) is 0 Å². The summed E-state index contributed by atoms with van der Waals surface area (Å²) in [6.07, 6.45) is 0.869. The number of anilines is 1. The fourth-order valence-corrected chi connectivity index (χ4v) is 4.64. The Hall–Kier alpha value is -3.32. The highest BCUT2D eigenvalue weighted by Crippen LogP contribution is 2.28. The van der Waals surface area contributed by atoms with E-state index < -0.39 is 0 Å². The fraction of sp³-hybridized carbons (Fsp3) is 0.269. The average molecular weight is 461 g/mol. The van der Waals surface area contributed by atoms with Crippen molar-refractivity contribution in [3.05, 3.63) is 77.6 Å². The third kappa shape index (κ3) is 5.20. The largest absolute Gasteiger partial charge is 0.485 e. The molecule has 4 aromatic rings. The number of hydrogen-bond acceptors (Lipinski definition) is 5. The number of rotatable bonds is 9. The maximum Gasteiger partial charge on any atom is 0.234 e. The number of benzene rings is 3. The SMILES string of the molecule is CCc1ccccc1NC(=O)CSc1nnc(COc2ccc3ccccc3c2C)n1CC. The van der Waals surface area contributed by atoms with Gasteiger partial charge in [0.2, 0.25) is 5.91 Å². The number of carbonyl (C=O) groups is 1. The minimum absolute atomic E-state index is 0.0591. The number of aromatic nitrogens is 3. The molecule has 0 fully saturated rings. The molecule has 0 spiro atoms. The topological polar surface area (TPSA) is 69.0 Å². The summed E-state index contributed by atoms with van der Waals surface area (Å²) in [7, 11) is 0. The van der Waals surface area contributed by atoms with Gasteiger partial charge in [-0.2, -0.15) is 0 Å². The van der Waals surface area contributed by atoms with Crippen molar-refractivity contribution in [2.45, 2.75) is 45.5 Å². The first kappa shape index (κ1) is 22.9. The van der Waals surface area contributed by atoms with E-state index in [1.54, 1.807) is 0 Å². The van der Waals surface area contributed by atoms with Crippen LogP contribution in [0.3, 0.4) is 0 Å². The molecule has 170 valence electrons. The standard InChI is InChI=1S/C26H28N4O2S/c1-4-19-10-7-9-13-22(19)27-25(31)17-33-26-29-28-24(30(26)5-2)16-32-23-15-14-20-11-6-8-12-21(20)18(23)3/h6-15H,4-5,16-17H2,1-3H3,(H,27,31). The molecule has 1 amide bonds. The van der Waals surface area contributed by atoms with E-state index in [0.29, 0.717) is 18.3 Å². The van der Waals surface area contributed by atoms with Crippen LogP contribution in [-0.4, -0.2) is 26.4 Å². The zero-order valence-corrected chi connectivity index (χ0v) is 20.0. The van der Waals surface area contributed by atoms with Crippen molar-refractivity contribution in [1.29, 1.82) is 0 Å². The summed E-state index contributed by atoms with van der Waals surface area (Å²) in [5.41, 5.74) is 3.09. The smallest absolute Gasteiger partial charge is 0.234 e. The van der Waals surface area contributed by atoms with E-state index in [4.69, 9.17) is 4.74 Å². The van der Waals surface area contributed by atoms with Gasteiger partial charge in [-0.1, -0.05) is 67.2 Å². The Bertz CT molecular complexity index is 1270. The van der Waals surface area contributed by atoms with Crippen LogP contribution in [-0.2, 0) is 24.4 Å². The minimum Gasteiger partial charge on any atom is -0.485 e. The Labute approximate surface area is 198 Å². The number of amides is 1. The van der Waals surface area contributed by atoms with Gasteiger partial charge in [-0.15, -0.1) is 10.2 Å². The molecule has 0 atom stereocenters. The molecule has 0 saturated carbocycles. The van der Waals surface area contributed by atoms with E-state index in [2.05, 4.69) is 47.6 Å². The van der Waals surface area contributed by atoms with Crippen molar-refractivity contribution in [3.63, 3.8) is 0 Å². The second kappa shape index (κ2) is 10.5. The summed E-state index contributed by atoms with van der Waals surface area (Å²) in [5.74, 6) is 1.78. The van der Waals surface area contributed by atoms with E-state index >= 15 is 0 Å². The molecular formula is C26H28N4O2S. The first-order valence-electron chi connectivity index (χ1n) is 11.1. The second-order valence-corrected chi connectivity index (χ2v) is 8.63. The number of ether oxygens (including phenoxy) is 1. The van der Waals surface area contributed by atoms with Crippen LogP contribution in [0.2, 0.25) is 0 Å². The van der Waals surface area contributed by atoms with Crippen molar-refractivity contribution in [2.75, 3.05) is 11.1 Å². The molecule has 4 rings (SSSR count). The van der Waals surface area contributed by atoms with Crippen LogP contribution in [0.1, 0.15) is 30.8 Å². The Balaban J connectivity index is 1.40. The van der Waals surface area contributed by atoms with Gasteiger partial charge in [-0.05, 0) is 54.3 Å². The number of para-hydroxylation sites is 1. The van der Waals surface area contributed by atoms with E-state index in [1.165, 1.54) is 22.5 Å². The molecule has 6 nitrogen and oxygen atoms in total. The third-order valence-corrected chi connectivity index (χ3v) is 6.59. The summed E-state index contributed by atoms with van der Waals surface area (Å²) in [5, 5.41) is 14.7. The van der Waals surface area contributed by atoms with Gasteiger partial charge < -0.3 is 14.6 Å². The normalized spacial score (nSPS) is 11.0. The van der Waals surface area contributed by atoms with Gasteiger partial charge in [-0.25, -0.2) is 0 Å². The van der Waals surface area contributed by atoms with Crippen molar-refractivity contribution in [1.82, 2.24) is 14.8 Å². The third-order valence-electron chi connectivity index (χ3n) is 5.62. The summed E-state index contributed by atoms with van der Waals surface area (Å²) < 4.78 is 8.10. The van der Waals surface area contributed by atoms with Crippen LogP contribution in [0.5, 0.6) is 5.75 Å². The molecule has 3 aromatic carbocycles. The van der Waals surface area contributed by atoms with E-state index in [9.17, 15) is 4.79 Å². The molecule has 7 heteroatoms. The number of fused-ring (bicyclic) bond motifs is 1. The number of carbonyl (C=O) groups excluding carboxylic acids is 1. The summed E-state index contributed by atoms with van der Waals surface area (Å²) in [6.45, 7) is 7.20. The van der Waals surface area contributed by atoms with Gasteiger partial charge in [0.15, 0.2) is 11.0 Å². The summed E-state index contributed by atoms with van der Waals surface area (Å²) in [4.78, 5) is 12.5. The number of nitrogens with one attached hydrogen (secondary N) is 1. The predicted octanol–water partition coefficient (Wildman–Crippen LogP) is 5.63. The van der Waals surface area contributed by atoms with Crippen molar-refractivity contribution in [3.8, 4) is 5.75 Å². The van der Waals surface area contributed by atoms with Gasteiger partial charge in [0.25, 0.3) is 0 Å². The molecule has 0 aliphatic carbocycles. The maximum atomic E-state index is 12.5. The lowest BCUT2D eigenvalue weighted by Crippen LogP contribution is -2.16. The zero-order chi connectivity index (χ0) is 23.2. The molecule has 0 bridgehead atoms. The highest BCUT2D eigenvalue weighted by atomic mass is 32.2. The lowest BCUT2D eigenvalue weighted by Gasteiger charge is -2.12. The number of nitrogens with zero attached hydrogens (tertiary/aromatic N) is 3. The first-order chi connectivity index (χ1) is 16.1. The summed E-state index contributed by atoms with van der Waals surface area (Å²) >= 11 is 1.38. The molecular weight excluding hydrogens is 432 g/mol. The van der Waals surface area contributed by atoms with Gasteiger partial charge >= 0.3 is 0 Å². The van der Waals surface area contributed by atoms with Gasteiger partial charge in [-0.3, -0.25) is 4.79 Å². The molecule has 33 heavy (non-hydrogen) atoms. The predicted molar refractivity (Wildman–Crippen MR) is 134 cm³/mol. The monoisotopic (exact) mass is 460 g/mol. The van der Waals surface area contributed by atoms with Gasteiger partial charge in [0.1, 0.15) is 12.4 Å². The first-order valence-corrected chi connectivity index (χ1v) is 12.1. The Morgan fingerprint density at radius 3 is 2.64 bits per heavy atom. The molecule has 0 aliphatic rings. The Kier molecular flexibility index (Phi) is 7.29. The quantitative estimate of drug-likeness (QED) is 0.328. The van der Waals surface area contributed by atoms with Crippen LogP contribution in [0.4, 0.5) is 5.69 Å². The molecule has 0 saturated heterocycles. The lowest BCUT2D eigenvalue weighted by molar-refractivity contribution is -0.113. The molecule has 1 heterocycles. The van der Waals surface area contributed by atoms with Crippen LogP contribution < -0.4 is 10.1 Å². The maximum absolute atomic E-state index is 12.5. The Morgan fingerprint density at radius 1 is 1.03 bits per heavy atom. The molecule has 0 unspecified atom stereocenters. The minimum atomic E-state index is -0.0591. The number of aryl methyl sites for hydroxylation is 2. The van der Waals surface area contributed by atoms with E-state index in [-0.39, 0.29) is 11.7 Å². The van der Waals surface area contributed by atoms with Crippen LogP contribution >= 0.6 is 11.8 Å². The number of hydrogen-bond donors (Lipinski definition) is 1. The fourth-order valence-electron chi connectivity index (χ4n) is 3.82. The molecule has 1 N–H and O–H groups in total. The zero-order valence-electron chi connectivity index (χ0n) is 19.2. The van der Waals surface area contributed by atoms with Gasteiger partial charge in [0, 0.05) is 12.2 Å². The van der Waals surface area contributed by atoms with Crippen molar-refractivity contribution < 1.29 is 9.53 Å². The van der Waals surface area contributed by atoms with Crippen molar-refractivity contribution >= 4 is 34.1 Å². The van der Waals surface area contributed by atoms with Crippen LogP contribution in [0.25, 0.3) is 10.8 Å². The molecule has 0 aliphatic heterocycles. The highest BCUT2D eigenvalue weighted by Gasteiger charge is 2.15. The van der Waals surface area contributed by atoms with Crippen LogP contribution in [0.15, 0.2) is 65.8 Å². The lowest BCUT2D eigenvalue weighted by atomic mass is 10.0. The average Bonchev–Trinajstić information content (AvgIpc) is 3.24. The second-order valence-electron chi connectivity index (χ2n) is 7.69. The van der Waals surface area contributed by atoms with Crippen LogP contribution in [0, 0.1) is 6.92 Å². The van der Waals surface area contributed by atoms with Gasteiger partial charge in [0.05, 0.1) is 5.75 Å².